The number of rotatable bonds is 5. The quantitative estimate of drug-likeness (QED) is 0.249. The summed E-state index contributed by atoms with van der Waals surface area (Å²) in [5.41, 5.74) is 6.57. The summed E-state index contributed by atoms with van der Waals surface area (Å²) in [6.07, 6.45) is 5.74. The molecule has 1 aliphatic heterocycles. The lowest BCUT2D eigenvalue weighted by Crippen LogP contribution is -2.39. The second kappa shape index (κ2) is 10.8. The second-order valence-electron chi connectivity index (χ2n) is 11.4. The third-order valence-electron chi connectivity index (χ3n) is 7.03. The second-order valence-corrected chi connectivity index (χ2v) is 11.4. The van der Waals surface area contributed by atoms with Crippen LogP contribution in [0.5, 0.6) is 11.5 Å². The number of aryl methyl sites for hydroxylation is 2. The Morgan fingerprint density at radius 1 is 1.00 bits per heavy atom. The van der Waals surface area contributed by atoms with Crippen molar-refractivity contribution in [3.63, 3.8) is 0 Å². The highest BCUT2D eigenvalue weighted by atomic mass is 16.6. The standard InChI is InChI=1S/C32H33N7O3/c1-20-16-22(6-11-28(20)41-23-7-10-27-26(17-23)35-19-38(27)5)36-30-29-25(33-18-34-30)9-8-24(37-29)21-12-14-39(15-13-21)31(40)42-32(2,3)4/h6-12,16-19H,13-15H2,1-5H3,(H,33,34,36). The van der Waals surface area contributed by atoms with Gasteiger partial charge in [-0.05, 0) is 87.7 Å². The minimum Gasteiger partial charge on any atom is -0.457 e. The summed E-state index contributed by atoms with van der Waals surface area (Å²) >= 11 is 0. The fourth-order valence-electron chi connectivity index (χ4n) is 4.89. The van der Waals surface area contributed by atoms with Crippen LogP contribution in [0.15, 0.2) is 67.3 Å². The van der Waals surface area contributed by atoms with Gasteiger partial charge in [-0.25, -0.2) is 24.7 Å². The van der Waals surface area contributed by atoms with Crippen molar-refractivity contribution in [2.24, 2.45) is 7.05 Å². The fraction of sp³-hybridized carbons (Fsp3) is 0.281. The average Bonchev–Trinajstić information content (AvgIpc) is 3.33. The predicted molar refractivity (Wildman–Crippen MR) is 163 cm³/mol. The van der Waals surface area contributed by atoms with Crippen molar-refractivity contribution in [3.8, 4) is 11.5 Å². The molecule has 0 aliphatic carbocycles. The number of hydrogen-bond acceptors (Lipinski definition) is 8. The number of amides is 1. The summed E-state index contributed by atoms with van der Waals surface area (Å²) in [7, 11) is 1.97. The molecular weight excluding hydrogens is 530 g/mol. The molecule has 42 heavy (non-hydrogen) atoms. The van der Waals surface area contributed by atoms with Crippen LogP contribution in [0, 0.1) is 6.92 Å². The molecular formula is C32H33N7O3. The molecule has 2 aromatic carbocycles. The lowest BCUT2D eigenvalue weighted by Gasteiger charge is -2.29. The van der Waals surface area contributed by atoms with Gasteiger partial charge in [0.15, 0.2) is 5.82 Å². The third-order valence-corrected chi connectivity index (χ3v) is 7.03. The fourth-order valence-corrected chi connectivity index (χ4v) is 4.89. The first-order valence-electron chi connectivity index (χ1n) is 13.9. The first-order valence-corrected chi connectivity index (χ1v) is 13.9. The maximum absolute atomic E-state index is 12.5. The van der Waals surface area contributed by atoms with Gasteiger partial charge in [0.2, 0.25) is 0 Å². The van der Waals surface area contributed by atoms with Crippen LogP contribution in [-0.2, 0) is 11.8 Å². The topological polar surface area (TPSA) is 107 Å². The van der Waals surface area contributed by atoms with Crippen molar-refractivity contribution in [2.75, 3.05) is 18.4 Å². The molecule has 0 spiro atoms. The number of aromatic nitrogens is 5. The zero-order valence-corrected chi connectivity index (χ0v) is 24.4. The van der Waals surface area contributed by atoms with Gasteiger partial charge in [-0.3, -0.25) is 0 Å². The maximum atomic E-state index is 12.5. The Morgan fingerprint density at radius 3 is 2.62 bits per heavy atom. The molecule has 10 heteroatoms. The summed E-state index contributed by atoms with van der Waals surface area (Å²) in [6, 6.07) is 15.7. The van der Waals surface area contributed by atoms with E-state index in [1.807, 2.05) is 93.9 Å². The zero-order chi connectivity index (χ0) is 29.4. The van der Waals surface area contributed by atoms with Crippen LogP contribution in [0.4, 0.5) is 16.3 Å². The van der Waals surface area contributed by atoms with Gasteiger partial charge in [-0.2, -0.15) is 0 Å². The van der Waals surface area contributed by atoms with Crippen molar-refractivity contribution < 1.29 is 14.3 Å². The smallest absolute Gasteiger partial charge is 0.410 e. The highest BCUT2D eigenvalue weighted by Crippen LogP contribution is 2.31. The molecule has 3 aromatic heterocycles. The van der Waals surface area contributed by atoms with E-state index >= 15 is 0 Å². The average molecular weight is 564 g/mol. The highest BCUT2D eigenvalue weighted by molar-refractivity contribution is 5.88. The first kappa shape index (κ1) is 27.2. The van der Waals surface area contributed by atoms with E-state index in [1.54, 1.807) is 11.2 Å². The van der Waals surface area contributed by atoms with Gasteiger partial charge in [0.05, 0.1) is 28.6 Å². The van der Waals surface area contributed by atoms with E-state index in [9.17, 15) is 4.79 Å². The highest BCUT2D eigenvalue weighted by Gasteiger charge is 2.24. The number of anilines is 2. The normalized spacial score (nSPS) is 13.7. The Labute approximate surface area is 244 Å². The number of carbonyl (C=O) groups excluding carboxylic acids is 1. The molecule has 1 amide bonds. The van der Waals surface area contributed by atoms with Crippen molar-refractivity contribution >= 4 is 45.2 Å². The maximum Gasteiger partial charge on any atom is 0.410 e. The summed E-state index contributed by atoms with van der Waals surface area (Å²) in [4.78, 5) is 32.4. The number of pyridine rings is 1. The third kappa shape index (κ3) is 5.74. The summed E-state index contributed by atoms with van der Waals surface area (Å²) in [5.74, 6) is 2.10. The van der Waals surface area contributed by atoms with Crippen LogP contribution >= 0.6 is 0 Å². The molecule has 6 rings (SSSR count). The van der Waals surface area contributed by atoms with E-state index in [1.165, 1.54) is 6.33 Å². The SMILES string of the molecule is Cc1cc(Nc2ncnc3ccc(C4=CCN(C(=O)OC(C)(C)C)CC4)nc23)ccc1Oc1ccc2c(c1)ncn2C. The molecule has 214 valence electrons. The minimum absolute atomic E-state index is 0.301. The van der Waals surface area contributed by atoms with E-state index in [-0.39, 0.29) is 6.09 Å². The molecule has 10 nitrogen and oxygen atoms in total. The van der Waals surface area contributed by atoms with E-state index in [4.69, 9.17) is 14.5 Å². The lowest BCUT2D eigenvalue weighted by molar-refractivity contribution is 0.0270. The molecule has 5 aromatic rings. The number of benzene rings is 2. The first-order chi connectivity index (χ1) is 20.1. The van der Waals surface area contributed by atoms with Crippen LogP contribution in [-0.4, -0.2) is 54.2 Å². The molecule has 0 unspecified atom stereocenters. The summed E-state index contributed by atoms with van der Waals surface area (Å²) < 4.78 is 13.7. The molecule has 0 saturated carbocycles. The number of imidazole rings is 1. The van der Waals surface area contributed by atoms with Gasteiger partial charge in [-0.1, -0.05) is 6.08 Å². The number of hydrogen-bond donors (Lipinski definition) is 1. The van der Waals surface area contributed by atoms with E-state index < -0.39 is 5.60 Å². The minimum atomic E-state index is -0.523. The predicted octanol–water partition coefficient (Wildman–Crippen LogP) is 6.78. The Balaban J connectivity index is 1.19. The van der Waals surface area contributed by atoms with Crippen molar-refractivity contribution in [3.05, 3.63) is 78.5 Å². The Bertz CT molecular complexity index is 1840. The zero-order valence-electron chi connectivity index (χ0n) is 24.4. The summed E-state index contributed by atoms with van der Waals surface area (Å²) in [5, 5.41) is 3.41. The number of nitrogens with one attached hydrogen (secondary N) is 1. The van der Waals surface area contributed by atoms with Crippen molar-refractivity contribution in [2.45, 2.75) is 39.7 Å². The Hall–Kier alpha value is -4.99. The van der Waals surface area contributed by atoms with E-state index in [0.29, 0.717) is 30.8 Å². The monoisotopic (exact) mass is 563 g/mol. The Kier molecular flexibility index (Phi) is 6.97. The molecule has 0 bridgehead atoms. The van der Waals surface area contributed by atoms with Gasteiger partial charge < -0.3 is 24.3 Å². The van der Waals surface area contributed by atoms with Crippen LogP contribution in [0.3, 0.4) is 0 Å². The molecule has 1 N–H and O–H groups in total. The van der Waals surface area contributed by atoms with Crippen LogP contribution < -0.4 is 10.1 Å². The number of carbonyl (C=O) groups is 1. The van der Waals surface area contributed by atoms with Crippen molar-refractivity contribution in [1.82, 2.24) is 29.4 Å². The molecule has 0 fully saturated rings. The van der Waals surface area contributed by atoms with Gasteiger partial charge in [-0.15, -0.1) is 0 Å². The van der Waals surface area contributed by atoms with Gasteiger partial charge >= 0.3 is 6.09 Å². The van der Waals surface area contributed by atoms with E-state index in [0.717, 1.165) is 50.6 Å². The molecule has 1 aliphatic rings. The van der Waals surface area contributed by atoms with Crippen LogP contribution in [0.25, 0.3) is 27.6 Å². The Morgan fingerprint density at radius 2 is 1.86 bits per heavy atom. The van der Waals surface area contributed by atoms with Crippen LogP contribution in [0.1, 0.15) is 38.4 Å². The number of nitrogens with zero attached hydrogens (tertiary/aromatic N) is 6. The van der Waals surface area contributed by atoms with Gasteiger partial charge in [0.25, 0.3) is 0 Å². The number of ether oxygens (including phenoxy) is 2. The van der Waals surface area contributed by atoms with Crippen molar-refractivity contribution in [1.29, 1.82) is 0 Å². The molecule has 4 heterocycles. The van der Waals surface area contributed by atoms with Gasteiger partial charge in [0, 0.05) is 31.9 Å². The molecule has 0 saturated heterocycles. The van der Waals surface area contributed by atoms with Gasteiger partial charge in [0.1, 0.15) is 28.9 Å². The largest absolute Gasteiger partial charge is 0.457 e. The number of fused-ring (bicyclic) bond motifs is 2. The molecule has 0 atom stereocenters. The lowest BCUT2D eigenvalue weighted by atomic mass is 10.0. The summed E-state index contributed by atoms with van der Waals surface area (Å²) in [6.45, 7) is 8.66. The molecule has 0 radical (unpaired) electrons. The van der Waals surface area contributed by atoms with Crippen LogP contribution in [0.2, 0.25) is 0 Å². The van der Waals surface area contributed by atoms with E-state index in [2.05, 4.69) is 20.3 Å².